The monoisotopic (exact) mass is 267 g/mol. The van der Waals surface area contributed by atoms with Gasteiger partial charge in [-0.15, -0.1) is 0 Å². The molecule has 1 atom stereocenters. The van der Waals surface area contributed by atoms with Gasteiger partial charge in [-0.1, -0.05) is 18.2 Å². The number of fused-ring (bicyclic) bond motifs is 1. The molecule has 20 heavy (non-hydrogen) atoms. The maximum absolute atomic E-state index is 11.2. The van der Waals surface area contributed by atoms with E-state index in [1.807, 2.05) is 12.1 Å². The smallest absolute Gasteiger partial charge is 0.248 e. The zero-order valence-corrected chi connectivity index (χ0v) is 11.3. The molecule has 4 nitrogen and oxygen atoms in total. The van der Waals surface area contributed by atoms with Gasteiger partial charge in [-0.2, -0.15) is 0 Å². The average Bonchev–Trinajstić information content (AvgIpc) is 2.74. The lowest BCUT2D eigenvalue weighted by Crippen LogP contribution is -2.25. The third-order valence-corrected chi connectivity index (χ3v) is 3.78. The van der Waals surface area contributed by atoms with Crippen LogP contribution in [0.25, 0.3) is 0 Å². The quantitative estimate of drug-likeness (QED) is 0.821. The van der Waals surface area contributed by atoms with Gasteiger partial charge in [0.2, 0.25) is 5.91 Å². The Hall–Kier alpha value is -2.49. The summed E-state index contributed by atoms with van der Waals surface area (Å²) >= 11 is 0. The van der Waals surface area contributed by atoms with Crippen molar-refractivity contribution in [2.24, 2.45) is 5.73 Å². The second-order valence-corrected chi connectivity index (χ2v) is 5.19. The Morgan fingerprint density at radius 2 is 1.95 bits per heavy atom. The van der Waals surface area contributed by atoms with Gasteiger partial charge < -0.3 is 16.4 Å². The molecule has 0 saturated heterocycles. The minimum Gasteiger partial charge on any atom is -0.397 e. The first kappa shape index (κ1) is 12.5. The Balaban J connectivity index is 2.07. The van der Waals surface area contributed by atoms with E-state index in [4.69, 9.17) is 11.5 Å². The van der Waals surface area contributed by atoms with Crippen LogP contribution in [0.1, 0.15) is 22.8 Å². The highest BCUT2D eigenvalue weighted by Gasteiger charge is 2.28. The van der Waals surface area contributed by atoms with Gasteiger partial charge in [-0.05, 0) is 43.2 Å². The van der Waals surface area contributed by atoms with E-state index >= 15 is 0 Å². The van der Waals surface area contributed by atoms with Crippen molar-refractivity contribution in [2.45, 2.75) is 19.4 Å². The molecule has 2 aromatic rings. The van der Waals surface area contributed by atoms with Crippen molar-refractivity contribution in [1.29, 1.82) is 0 Å². The number of nitrogen functional groups attached to an aromatic ring is 1. The van der Waals surface area contributed by atoms with E-state index in [1.165, 1.54) is 11.3 Å². The second-order valence-electron chi connectivity index (χ2n) is 5.19. The molecule has 1 aliphatic heterocycles. The van der Waals surface area contributed by atoms with Crippen LogP contribution in [0.2, 0.25) is 0 Å². The van der Waals surface area contributed by atoms with E-state index in [1.54, 1.807) is 12.1 Å². The molecule has 4 heteroatoms. The summed E-state index contributed by atoms with van der Waals surface area (Å²) in [5.74, 6) is -0.460. The van der Waals surface area contributed by atoms with Crippen molar-refractivity contribution < 1.29 is 4.79 Å². The normalized spacial score (nSPS) is 17.1. The molecule has 1 aliphatic rings. The molecular formula is C16H17N3O. The van der Waals surface area contributed by atoms with E-state index in [0.717, 1.165) is 12.1 Å². The molecule has 102 valence electrons. The molecule has 0 aromatic heterocycles. The van der Waals surface area contributed by atoms with Crippen molar-refractivity contribution in [3.63, 3.8) is 0 Å². The number of benzene rings is 2. The molecule has 2 aromatic carbocycles. The number of hydrogen-bond acceptors (Lipinski definition) is 3. The minimum atomic E-state index is -0.460. The number of rotatable bonds is 2. The first-order valence-electron chi connectivity index (χ1n) is 6.64. The van der Waals surface area contributed by atoms with Crippen LogP contribution in [-0.2, 0) is 6.42 Å². The Kier molecular flexibility index (Phi) is 2.86. The van der Waals surface area contributed by atoms with Crippen molar-refractivity contribution in [2.75, 3.05) is 10.6 Å². The summed E-state index contributed by atoms with van der Waals surface area (Å²) in [6.07, 6.45) is 0.993. The number of anilines is 3. The SMILES string of the molecule is CC1Cc2ccccc2N1c1ccc(C(N)=O)cc1N. The molecule has 0 aliphatic carbocycles. The van der Waals surface area contributed by atoms with Gasteiger partial charge >= 0.3 is 0 Å². The lowest BCUT2D eigenvalue weighted by atomic mass is 10.1. The van der Waals surface area contributed by atoms with Crippen LogP contribution < -0.4 is 16.4 Å². The van der Waals surface area contributed by atoms with Crippen molar-refractivity contribution >= 4 is 23.0 Å². The Morgan fingerprint density at radius 3 is 2.65 bits per heavy atom. The van der Waals surface area contributed by atoms with Crippen LogP contribution >= 0.6 is 0 Å². The third kappa shape index (κ3) is 1.90. The van der Waals surface area contributed by atoms with Crippen LogP contribution in [0.15, 0.2) is 42.5 Å². The molecule has 0 bridgehead atoms. The number of primary amides is 1. The summed E-state index contributed by atoms with van der Waals surface area (Å²) in [4.78, 5) is 13.4. The van der Waals surface area contributed by atoms with E-state index in [-0.39, 0.29) is 0 Å². The van der Waals surface area contributed by atoms with Gasteiger partial charge in [0.15, 0.2) is 0 Å². The molecule has 0 radical (unpaired) electrons. The summed E-state index contributed by atoms with van der Waals surface area (Å²) in [5.41, 5.74) is 15.8. The first-order valence-corrected chi connectivity index (χ1v) is 6.64. The molecule has 0 spiro atoms. The zero-order chi connectivity index (χ0) is 14.3. The molecule has 1 heterocycles. The zero-order valence-electron chi connectivity index (χ0n) is 11.3. The summed E-state index contributed by atoms with van der Waals surface area (Å²) in [6.45, 7) is 2.17. The van der Waals surface area contributed by atoms with Gasteiger partial charge in [0.05, 0.1) is 11.4 Å². The maximum Gasteiger partial charge on any atom is 0.248 e. The number of carbonyl (C=O) groups is 1. The van der Waals surface area contributed by atoms with E-state index in [9.17, 15) is 4.79 Å². The number of hydrogen-bond donors (Lipinski definition) is 2. The predicted octanol–water partition coefficient (Wildman–Crippen LogP) is 2.45. The fourth-order valence-electron chi connectivity index (χ4n) is 2.86. The van der Waals surface area contributed by atoms with Crippen molar-refractivity contribution in [1.82, 2.24) is 0 Å². The first-order chi connectivity index (χ1) is 9.58. The van der Waals surface area contributed by atoms with Gasteiger partial charge in [0.1, 0.15) is 0 Å². The molecule has 1 unspecified atom stereocenters. The van der Waals surface area contributed by atoms with Gasteiger partial charge in [-0.3, -0.25) is 4.79 Å². The third-order valence-electron chi connectivity index (χ3n) is 3.78. The number of nitrogens with two attached hydrogens (primary N) is 2. The fourth-order valence-corrected chi connectivity index (χ4v) is 2.86. The van der Waals surface area contributed by atoms with Gasteiger partial charge in [-0.25, -0.2) is 0 Å². The lowest BCUT2D eigenvalue weighted by molar-refractivity contribution is 0.100. The van der Waals surface area contributed by atoms with E-state index in [0.29, 0.717) is 17.3 Å². The average molecular weight is 267 g/mol. The topological polar surface area (TPSA) is 72.3 Å². The summed E-state index contributed by atoms with van der Waals surface area (Å²) in [6, 6.07) is 13.9. The predicted molar refractivity (Wildman–Crippen MR) is 81.1 cm³/mol. The van der Waals surface area contributed by atoms with Gasteiger partial charge in [0.25, 0.3) is 0 Å². The molecule has 0 saturated carbocycles. The summed E-state index contributed by atoms with van der Waals surface area (Å²) in [5, 5.41) is 0. The number of carbonyl (C=O) groups excluding carboxylic acids is 1. The largest absolute Gasteiger partial charge is 0.397 e. The Bertz CT molecular complexity index is 681. The Morgan fingerprint density at radius 1 is 1.20 bits per heavy atom. The number of para-hydroxylation sites is 1. The maximum atomic E-state index is 11.2. The van der Waals surface area contributed by atoms with Crippen LogP contribution in [0, 0.1) is 0 Å². The number of nitrogens with zero attached hydrogens (tertiary/aromatic N) is 1. The summed E-state index contributed by atoms with van der Waals surface area (Å²) in [7, 11) is 0. The van der Waals surface area contributed by atoms with Crippen molar-refractivity contribution in [3.8, 4) is 0 Å². The highest BCUT2D eigenvalue weighted by Crippen LogP contribution is 2.40. The highest BCUT2D eigenvalue weighted by atomic mass is 16.1. The number of amides is 1. The molecule has 3 rings (SSSR count). The van der Waals surface area contributed by atoms with Gasteiger partial charge in [0, 0.05) is 17.3 Å². The highest BCUT2D eigenvalue weighted by molar-refractivity contribution is 5.95. The van der Waals surface area contributed by atoms with E-state index in [2.05, 4.69) is 30.0 Å². The standard InChI is InChI=1S/C16H17N3O/c1-10-8-11-4-2-3-5-14(11)19(10)15-7-6-12(16(18)20)9-13(15)17/h2-7,9-10H,8,17H2,1H3,(H2,18,20). The van der Waals surface area contributed by atoms with Crippen LogP contribution in [0.3, 0.4) is 0 Å². The minimum absolute atomic E-state index is 0.342. The van der Waals surface area contributed by atoms with Crippen LogP contribution in [0.5, 0.6) is 0 Å². The van der Waals surface area contributed by atoms with E-state index < -0.39 is 5.91 Å². The summed E-state index contributed by atoms with van der Waals surface area (Å²) < 4.78 is 0. The molecule has 0 fully saturated rings. The van der Waals surface area contributed by atoms with Crippen LogP contribution in [-0.4, -0.2) is 11.9 Å². The van der Waals surface area contributed by atoms with Crippen LogP contribution in [0.4, 0.5) is 17.1 Å². The molecule has 4 N–H and O–H groups in total. The van der Waals surface area contributed by atoms with Crippen molar-refractivity contribution in [3.05, 3.63) is 53.6 Å². The lowest BCUT2D eigenvalue weighted by Gasteiger charge is -2.26. The second kappa shape index (κ2) is 4.56. The molecular weight excluding hydrogens is 250 g/mol. The molecule has 1 amide bonds. The fraction of sp³-hybridized carbons (Fsp3) is 0.188. The Labute approximate surface area is 118 Å².